The van der Waals surface area contributed by atoms with E-state index in [2.05, 4.69) is 15.9 Å². The predicted octanol–water partition coefficient (Wildman–Crippen LogP) is 2.90. The van der Waals surface area contributed by atoms with E-state index in [0.29, 0.717) is 21.3 Å². The van der Waals surface area contributed by atoms with Crippen LogP contribution in [0.15, 0.2) is 53.0 Å². The zero-order valence-corrected chi connectivity index (χ0v) is 12.4. The fourth-order valence-electron chi connectivity index (χ4n) is 2.38. The second-order valence-corrected chi connectivity index (χ2v) is 5.58. The lowest BCUT2D eigenvalue weighted by Gasteiger charge is -2.27. The maximum absolute atomic E-state index is 12.6. The molecule has 0 fully saturated rings. The number of para-hydroxylation sites is 1. The third kappa shape index (κ3) is 2.39. The second-order valence-electron chi connectivity index (χ2n) is 4.73. The Morgan fingerprint density at radius 3 is 2.52 bits per heavy atom. The minimum Gasteiger partial charge on any atom is -0.426 e. The quantitative estimate of drug-likeness (QED) is 0.393. The first-order valence-electron chi connectivity index (χ1n) is 6.37. The van der Waals surface area contributed by atoms with Crippen LogP contribution in [-0.4, -0.2) is 16.9 Å². The Labute approximate surface area is 129 Å². The minimum absolute atomic E-state index is 0.297. The molecule has 0 aliphatic carbocycles. The fourth-order valence-corrected chi connectivity index (χ4v) is 2.86. The molecule has 0 saturated heterocycles. The van der Waals surface area contributed by atoms with Gasteiger partial charge in [0.2, 0.25) is 0 Å². The van der Waals surface area contributed by atoms with Crippen LogP contribution in [0.3, 0.4) is 0 Å². The number of halogens is 1. The van der Waals surface area contributed by atoms with Gasteiger partial charge in [0.25, 0.3) is 0 Å². The van der Waals surface area contributed by atoms with Crippen molar-refractivity contribution in [3.05, 3.63) is 64.1 Å². The first-order chi connectivity index (χ1) is 10.1. The summed E-state index contributed by atoms with van der Waals surface area (Å²) in [6, 6.07) is 13.4. The van der Waals surface area contributed by atoms with Crippen LogP contribution in [0.5, 0.6) is 5.75 Å². The number of rotatable bonds is 2. The van der Waals surface area contributed by atoms with Crippen LogP contribution in [-0.2, 0) is 4.79 Å². The van der Waals surface area contributed by atoms with Gasteiger partial charge in [-0.3, -0.25) is 9.59 Å². The molecule has 2 aromatic rings. The number of benzene rings is 2. The van der Waals surface area contributed by atoms with Gasteiger partial charge in [0.1, 0.15) is 11.9 Å². The van der Waals surface area contributed by atoms with Gasteiger partial charge in [-0.1, -0.05) is 52.3 Å². The van der Waals surface area contributed by atoms with Crippen LogP contribution in [0.4, 0.5) is 0 Å². The first-order valence-corrected chi connectivity index (χ1v) is 7.16. The number of ketones is 1. The maximum atomic E-state index is 12.6. The highest BCUT2D eigenvalue weighted by Crippen LogP contribution is 2.38. The Morgan fingerprint density at radius 1 is 1.10 bits per heavy atom. The number of aliphatic hydroxyl groups excluding tert-OH is 1. The van der Waals surface area contributed by atoms with E-state index < -0.39 is 23.8 Å². The number of hydrogen-bond donors (Lipinski definition) is 1. The number of carbonyl (C=O) groups is 2. The van der Waals surface area contributed by atoms with Gasteiger partial charge < -0.3 is 9.84 Å². The summed E-state index contributed by atoms with van der Waals surface area (Å²) in [7, 11) is 0. The molecule has 2 aromatic carbocycles. The Bertz CT molecular complexity index is 726. The lowest BCUT2D eigenvalue weighted by molar-refractivity contribution is -0.142. The van der Waals surface area contributed by atoms with Crippen LogP contribution < -0.4 is 4.74 Å². The summed E-state index contributed by atoms with van der Waals surface area (Å²) in [6.07, 6.45) is -1.21. The van der Waals surface area contributed by atoms with Crippen LogP contribution in [0.25, 0.3) is 0 Å². The third-order valence-corrected chi connectivity index (χ3v) is 4.13. The number of aliphatic hydroxyl groups is 1. The highest BCUT2D eigenvalue weighted by atomic mass is 79.9. The average molecular weight is 347 g/mol. The van der Waals surface area contributed by atoms with Crippen molar-refractivity contribution >= 4 is 27.7 Å². The molecule has 1 aliphatic heterocycles. The summed E-state index contributed by atoms with van der Waals surface area (Å²) >= 11 is 3.28. The Balaban J connectivity index is 2.02. The van der Waals surface area contributed by atoms with Crippen molar-refractivity contribution < 1.29 is 19.4 Å². The van der Waals surface area contributed by atoms with Gasteiger partial charge in [-0.2, -0.15) is 0 Å². The maximum Gasteiger partial charge on any atom is 0.325 e. The number of Topliss-reactive ketones (excluding diaryl/α,β-unsaturated/α-hetero) is 1. The van der Waals surface area contributed by atoms with Gasteiger partial charge in [-0.05, 0) is 12.1 Å². The van der Waals surface area contributed by atoms with Crippen molar-refractivity contribution in [2.75, 3.05) is 0 Å². The number of fused-ring (bicyclic) bond motifs is 1. The molecule has 0 radical (unpaired) electrons. The number of ether oxygens (including phenoxy) is 1. The summed E-state index contributed by atoms with van der Waals surface area (Å²) in [6.45, 7) is 0. The molecule has 3 rings (SSSR count). The van der Waals surface area contributed by atoms with Crippen LogP contribution in [0, 0.1) is 5.92 Å². The summed E-state index contributed by atoms with van der Waals surface area (Å²) in [4.78, 5) is 24.6. The van der Waals surface area contributed by atoms with E-state index in [0.717, 1.165) is 0 Å². The normalized spacial score (nSPS) is 20.6. The number of esters is 1. The molecular weight excluding hydrogens is 336 g/mol. The molecule has 0 amide bonds. The standard InChI is InChI=1S/C16H11BrO4/c17-11-7-3-1-5-9(11)14(18)13-15(19)10-6-2-4-8-12(10)21-16(13)20/h1-8,13,15,19H. The monoisotopic (exact) mass is 346 g/mol. The molecule has 21 heavy (non-hydrogen) atoms. The number of carbonyl (C=O) groups excluding carboxylic acids is 2. The molecule has 0 spiro atoms. The molecule has 0 saturated carbocycles. The first kappa shape index (κ1) is 14.0. The third-order valence-electron chi connectivity index (χ3n) is 3.44. The van der Waals surface area contributed by atoms with E-state index in [-0.39, 0.29) is 0 Å². The smallest absolute Gasteiger partial charge is 0.325 e. The van der Waals surface area contributed by atoms with Crippen molar-refractivity contribution in [1.29, 1.82) is 0 Å². The summed E-state index contributed by atoms with van der Waals surface area (Å²) in [5.74, 6) is -2.15. The van der Waals surface area contributed by atoms with Gasteiger partial charge in [-0.15, -0.1) is 0 Å². The van der Waals surface area contributed by atoms with E-state index in [1.165, 1.54) is 0 Å². The van der Waals surface area contributed by atoms with Crippen LogP contribution in [0.2, 0.25) is 0 Å². The molecule has 0 aromatic heterocycles. The molecule has 2 unspecified atom stereocenters. The SMILES string of the molecule is O=C1Oc2ccccc2C(O)C1C(=O)c1ccccc1Br. The molecule has 4 nitrogen and oxygen atoms in total. The highest BCUT2D eigenvalue weighted by molar-refractivity contribution is 9.10. The van der Waals surface area contributed by atoms with E-state index >= 15 is 0 Å². The molecule has 5 heteroatoms. The van der Waals surface area contributed by atoms with Gasteiger partial charge >= 0.3 is 5.97 Å². The Hall–Kier alpha value is -1.98. The van der Waals surface area contributed by atoms with Crippen LogP contribution >= 0.6 is 15.9 Å². The average Bonchev–Trinajstić information content (AvgIpc) is 2.47. The highest BCUT2D eigenvalue weighted by Gasteiger charge is 2.42. The summed E-state index contributed by atoms with van der Waals surface area (Å²) in [5, 5.41) is 10.4. The van der Waals surface area contributed by atoms with Crippen molar-refractivity contribution in [3.63, 3.8) is 0 Å². The van der Waals surface area contributed by atoms with Gasteiger partial charge in [-0.25, -0.2) is 0 Å². The topological polar surface area (TPSA) is 63.6 Å². The zero-order chi connectivity index (χ0) is 15.0. The van der Waals surface area contributed by atoms with Gasteiger partial charge in [0.15, 0.2) is 11.7 Å². The van der Waals surface area contributed by atoms with Crippen molar-refractivity contribution in [2.24, 2.45) is 5.92 Å². The molecule has 2 atom stereocenters. The molecule has 1 heterocycles. The Morgan fingerprint density at radius 2 is 1.76 bits per heavy atom. The van der Waals surface area contributed by atoms with Gasteiger partial charge in [0.05, 0.1) is 0 Å². The largest absolute Gasteiger partial charge is 0.426 e. The molecule has 106 valence electrons. The number of hydrogen-bond acceptors (Lipinski definition) is 4. The molecule has 1 aliphatic rings. The van der Waals surface area contributed by atoms with E-state index in [1.807, 2.05) is 0 Å². The van der Waals surface area contributed by atoms with Crippen molar-refractivity contribution in [1.82, 2.24) is 0 Å². The minimum atomic E-state index is -1.25. The van der Waals surface area contributed by atoms with E-state index in [1.54, 1.807) is 48.5 Å². The summed E-state index contributed by atoms with van der Waals surface area (Å²) in [5.41, 5.74) is 0.792. The van der Waals surface area contributed by atoms with E-state index in [4.69, 9.17) is 4.74 Å². The van der Waals surface area contributed by atoms with Gasteiger partial charge in [0, 0.05) is 15.6 Å². The zero-order valence-electron chi connectivity index (χ0n) is 10.8. The van der Waals surface area contributed by atoms with Crippen molar-refractivity contribution in [2.45, 2.75) is 6.10 Å². The van der Waals surface area contributed by atoms with Crippen LogP contribution in [0.1, 0.15) is 22.0 Å². The van der Waals surface area contributed by atoms with Crippen molar-refractivity contribution in [3.8, 4) is 5.75 Å². The molecular formula is C16H11BrO4. The predicted molar refractivity (Wildman–Crippen MR) is 79.0 cm³/mol. The Kier molecular flexibility index (Phi) is 3.61. The van der Waals surface area contributed by atoms with E-state index in [9.17, 15) is 14.7 Å². The molecule has 0 bridgehead atoms. The molecule has 1 N–H and O–H groups in total. The summed E-state index contributed by atoms with van der Waals surface area (Å²) < 4.78 is 5.74. The second kappa shape index (κ2) is 5.42. The lowest BCUT2D eigenvalue weighted by atomic mass is 9.86. The fraction of sp³-hybridized carbons (Fsp3) is 0.125. The lowest BCUT2D eigenvalue weighted by Crippen LogP contribution is -2.37.